The van der Waals surface area contributed by atoms with Crippen LogP contribution in [0.1, 0.15) is 72.6 Å². The van der Waals surface area contributed by atoms with Crippen molar-refractivity contribution in [3.8, 4) is 0 Å². The number of hydrogen-bond acceptors (Lipinski definition) is 1. The Balaban J connectivity index is 5.31. The van der Waals surface area contributed by atoms with Crippen molar-refractivity contribution in [1.82, 2.24) is 0 Å². The molecule has 0 amide bonds. The molecule has 2 heteroatoms. The van der Waals surface area contributed by atoms with Crippen LogP contribution in [0.5, 0.6) is 0 Å². The first-order valence-corrected chi connectivity index (χ1v) is 16.7. The van der Waals surface area contributed by atoms with E-state index in [4.69, 9.17) is 0 Å². The second-order valence-corrected chi connectivity index (χ2v) is 19.7. The number of rotatable bonds is 13. The zero-order chi connectivity index (χ0) is 16.0. The van der Waals surface area contributed by atoms with E-state index in [1.54, 1.807) is 0 Å². The topological polar surface area (TPSA) is 20.2 Å². The summed E-state index contributed by atoms with van der Waals surface area (Å²) < 4.78 is 5.80. The first-order valence-electron chi connectivity index (χ1n) is 9.17. The summed E-state index contributed by atoms with van der Waals surface area (Å²) >= 11 is -2.35. The van der Waals surface area contributed by atoms with E-state index >= 15 is 0 Å². The maximum absolute atomic E-state index is 10.0. The normalized spacial score (nSPS) is 13.3. The number of aliphatic hydroxyl groups excluding tert-OH is 1. The molecule has 0 aliphatic carbocycles. The van der Waals surface area contributed by atoms with Gasteiger partial charge in [0.15, 0.2) is 0 Å². The molecule has 0 aromatic heterocycles. The average molecular weight is 401 g/mol. The second-order valence-electron chi connectivity index (χ2n) is 6.28. The third kappa shape index (κ3) is 8.44. The van der Waals surface area contributed by atoms with Crippen LogP contribution < -0.4 is 0 Å². The Morgan fingerprint density at radius 2 is 1.33 bits per heavy atom. The van der Waals surface area contributed by atoms with E-state index in [2.05, 4.69) is 45.9 Å². The van der Waals surface area contributed by atoms with Crippen LogP contribution in [-0.4, -0.2) is 30.1 Å². The summed E-state index contributed by atoms with van der Waals surface area (Å²) in [6.07, 6.45) is 15.7. The van der Waals surface area contributed by atoms with Gasteiger partial charge in [0.05, 0.1) is 0 Å². The van der Waals surface area contributed by atoms with Crippen LogP contribution in [0.3, 0.4) is 0 Å². The van der Waals surface area contributed by atoms with E-state index in [0.29, 0.717) is 6.61 Å². The summed E-state index contributed by atoms with van der Waals surface area (Å²) in [5.74, 6) is 0. The summed E-state index contributed by atoms with van der Waals surface area (Å²) in [5, 5.41) is 10.0. The van der Waals surface area contributed by atoms with Crippen LogP contribution in [0.15, 0.2) is 21.8 Å². The number of allylic oxidation sites excluding steroid dienone is 3. The Bertz CT molecular complexity index is 272. The van der Waals surface area contributed by atoms with Gasteiger partial charge in [-0.3, -0.25) is 0 Å². The zero-order valence-electron chi connectivity index (χ0n) is 15.0. The third-order valence-electron chi connectivity index (χ3n) is 4.55. The molecule has 0 rings (SSSR count). The molecule has 124 valence electrons. The van der Waals surface area contributed by atoms with Crippen LogP contribution in [0.25, 0.3) is 0 Å². The molecule has 0 unspecified atom stereocenters. The number of unbranched alkanes of at least 4 members (excludes halogenated alkanes) is 3. The molecule has 0 spiro atoms. The SMILES string of the molecule is CC/C=C\C=[C](/CO)[Sn]([CH2]CCC)([CH2]CCC)[CH2]CCC. The van der Waals surface area contributed by atoms with Crippen molar-refractivity contribution in [2.24, 2.45) is 0 Å². The minimum atomic E-state index is -2.35. The quantitative estimate of drug-likeness (QED) is 0.285. The van der Waals surface area contributed by atoms with Crippen LogP contribution in [0, 0.1) is 0 Å². The van der Waals surface area contributed by atoms with Crippen LogP contribution >= 0.6 is 0 Å². The van der Waals surface area contributed by atoms with Crippen molar-refractivity contribution in [3.05, 3.63) is 21.8 Å². The van der Waals surface area contributed by atoms with E-state index in [0.717, 1.165) is 6.42 Å². The molecule has 0 aromatic rings. The van der Waals surface area contributed by atoms with Crippen LogP contribution in [0.4, 0.5) is 0 Å². The standard InChI is InChI=1S/C7H11O.3C4H9.Sn/c1-2-3-4-5-6-7-8;3*1-3-4-2;/h3-5,8H,2,7H2,1H3;3*1,3-4H2,2H3;/b4-3-,6-5?;;;;. The van der Waals surface area contributed by atoms with E-state index in [1.165, 1.54) is 55.4 Å². The molecule has 1 nitrogen and oxygen atoms in total. The van der Waals surface area contributed by atoms with Gasteiger partial charge in [-0.25, -0.2) is 0 Å². The fraction of sp³-hybridized carbons (Fsp3) is 0.789. The third-order valence-corrected chi connectivity index (χ3v) is 20.6. The Morgan fingerprint density at radius 1 is 0.857 bits per heavy atom. The molecule has 0 saturated carbocycles. The Morgan fingerprint density at radius 3 is 1.67 bits per heavy atom. The summed E-state index contributed by atoms with van der Waals surface area (Å²) in [6, 6.07) is 0. The summed E-state index contributed by atoms with van der Waals surface area (Å²) in [7, 11) is 0. The van der Waals surface area contributed by atoms with E-state index in [1.807, 2.05) is 0 Å². The average Bonchev–Trinajstić information content (AvgIpc) is 2.52. The summed E-state index contributed by atoms with van der Waals surface area (Å²) in [6.45, 7) is 9.38. The van der Waals surface area contributed by atoms with Crippen molar-refractivity contribution in [1.29, 1.82) is 0 Å². The minimum absolute atomic E-state index is 0.307. The van der Waals surface area contributed by atoms with Gasteiger partial charge < -0.3 is 0 Å². The van der Waals surface area contributed by atoms with E-state index in [-0.39, 0.29) is 0 Å². The maximum atomic E-state index is 10.0. The van der Waals surface area contributed by atoms with Gasteiger partial charge in [-0.15, -0.1) is 0 Å². The molecule has 0 aliphatic rings. The Hall–Kier alpha value is 0.239. The Kier molecular flexibility index (Phi) is 14.0. The van der Waals surface area contributed by atoms with Gasteiger partial charge in [0, 0.05) is 0 Å². The molecule has 0 heterocycles. The van der Waals surface area contributed by atoms with Gasteiger partial charge >= 0.3 is 138 Å². The zero-order valence-corrected chi connectivity index (χ0v) is 17.8. The first-order chi connectivity index (χ1) is 10.2. The first kappa shape index (κ1) is 21.2. The van der Waals surface area contributed by atoms with Crippen LogP contribution in [-0.2, 0) is 0 Å². The van der Waals surface area contributed by atoms with Crippen molar-refractivity contribution in [2.75, 3.05) is 6.61 Å². The molecular formula is C19H38OSn. The number of hydrogen-bond donors (Lipinski definition) is 1. The van der Waals surface area contributed by atoms with Gasteiger partial charge in [-0.2, -0.15) is 0 Å². The fourth-order valence-corrected chi connectivity index (χ4v) is 19.1. The molecule has 1 N–H and O–H groups in total. The molecule has 0 radical (unpaired) electrons. The molecule has 0 fully saturated rings. The van der Waals surface area contributed by atoms with Crippen LogP contribution in [0.2, 0.25) is 13.3 Å². The van der Waals surface area contributed by atoms with Gasteiger partial charge in [0.1, 0.15) is 0 Å². The van der Waals surface area contributed by atoms with E-state index < -0.39 is 18.4 Å². The predicted molar refractivity (Wildman–Crippen MR) is 99.5 cm³/mol. The van der Waals surface area contributed by atoms with Gasteiger partial charge in [0.25, 0.3) is 0 Å². The van der Waals surface area contributed by atoms with E-state index in [9.17, 15) is 5.11 Å². The van der Waals surface area contributed by atoms with Gasteiger partial charge in [0.2, 0.25) is 0 Å². The van der Waals surface area contributed by atoms with Crippen molar-refractivity contribution >= 4 is 18.4 Å². The molecule has 21 heavy (non-hydrogen) atoms. The monoisotopic (exact) mass is 402 g/mol. The van der Waals surface area contributed by atoms with Crippen molar-refractivity contribution in [3.63, 3.8) is 0 Å². The molecule has 0 bridgehead atoms. The molecule has 0 saturated heterocycles. The molecule has 0 aromatic carbocycles. The number of aliphatic hydroxyl groups is 1. The van der Waals surface area contributed by atoms with Gasteiger partial charge in [-0.1, -0.05) is 0 Å². The predicted octanol–water partition coefficient (Wildman–Crippen LogP) is 6.26. The molecular weight excluding hydrogens is 363 g/mol. The van der Waals surface area contributed by atoms with Crippen molar-refractivity contribution < 1.29 is 5.11 Å². The van der Waals surface area contributed by atoms with Gasteiger partial charge in [-0.05, 0) is 0 Å². The summed E-state index contributed by atoms with van der Waals surface area (Å²) in [5.41, 5.74) is 0. The molecule has 0 aliphatic heterocycles. The molecule has 0 atom stereocenters. The Labute approximate surface area is 137 Å². The summed E-state index contributed by atoms with van der Waals surface area (Å²) in [4.78, 5) is 0. The fourth-order valence-electron chi connectivity index (χ4n) is 3.12. The second kappa shape index (κ2) is 13.9. The van der Waals surface area contributed by atoms with Crippen molar-refractivity contribution in [2.45, 2.75) is 86.0 Å².